The number of rotatable bonds is 3. The highest BCUT2D eigenvalue weighted by Gasteiger charge is 2.11. The lowest BCUT2D eigenvalue weighted by molar-refractivity contribution is 0.112. The van der Waals surface area contributed by atoms with E-state index in [-0.39, 0.29) is 0 Å². The van der Waals surface area contributed by atoms with Gasteiger partial charge in [0, 0.05) is 16.1 Å². The molecule has 18 heavy (non-hydrogen) atoms. The van der Waals surface area contributed by atoms with Crippen molar-refractivity contribution in [2.75, 3.05) is 7.11 Å². The van der Waals surface area contributed by atoms with Crippen molar-refractivity contribution >= 4 is 29.5 Å². The summed E-state index contributed by atoms with van der Waals surface area (Å²) < 4.78 is 5.28. The van der Waals surface area contributed by atoms with Crippen LogP contribution in [0.2, 0.25) is 10.0 Å². The predicted octanol–water partition coefficient (Wildman–Crippen LogP) is 4.48. The second-order valence-electron chi connectivity index (χ2n) is 3.71. The molecule has 0 saturated carbocycles. The molecule has 0 atom stereocenters. The third-order valence-electron chi connectivity index (χ3n) is 2.55. The molecule has 0 fully saturated rings. The van der Waals surface area contributed by atoms with Crippen molar-refractivity contribution in [3.8, 4) is 16.9 Å². The lowest BCUT2D eigenvalue weighted by Gasteiger charge is -2.11. The Bertz CT molecular complexity index is 594. The highest BCUT2D eigenvalue weighted by molar-refractivity contribution is 6.36. The van der Waals surface area contributed by atoms with E-state index in [1.807, 2.05) is 6.07 Å². The molecular formula is C14H10Cl2O2. The van der Waals surface area contributed by atoms with Crippen molar-refractivity contribution in [3.63, 3.8) is 0 Å². The lowest BCUT2D eigenvalue weighted by Crippen LogP contribution is -1.90. The standard InChI is InChI=1S/C14H10Cl2O2/c1-18-14-12(6-11(15)7-13(14)16)10-4-2-3-9(5-10)8-17/h2-8H,1H3. The molecule has 2 aromatic rings. The van der Waals surface area contributed by atoms with E-state index in [0.29, 0.717) is 21.4 Å². The van der Waals surface area contributed by atoms with E-state index in [2.05, 4.69) is 0 Å². The van der Waals surface area contributed by atoms with E-state index in [9.17, 15) is 4.79 Å². The maximum absolute atomic E-state index is 10.8. The second kappa shape index (κ2) is 5.42. The number of carbonyl (C=O) groups is 1. The molecule has 0 heterocycles. The molecule has 92 valence electrons. The molecule has 2 nitrogen and oxygen atoms in total. The van der Waals surface area contributed by atoms with Crippen LogP contribution in [-0.2, 0) is 0 Å². The fourth-order valence-corrected chi connectivity index (χ4v) is 2.33. The maximum Gasteiger partial charge on any atom is 0.150 e. The molecular weight excluding hydrogens is 271 g/mol. The molecule has 0 bridgehead atoms. The lowest BCUT2D eigenvalue weighted by atomic mass is 10.0. The summed E-state index contributed by atoms with van der Waals surface area (Å²) in [5, 5.41) is 0.962. The van der Waals surface area contributed by atoms with Gasteiger partial charge < -0.3 is 4.74 Å². The van der Waals surface area contributed by atoms with Crippen LogP contribution in [0.4, 0.5) is 0 Å². The molecule has 0 radical (unpaired) electrons. The third kappa shape index (κ3) is 2.50. The average Bonchev–Trinajstić information content (AvgIpc) is 2.38. The average molecular weight is 281 g/mol. The second-order valence-corrected chi connectivity index (χ2v) is 4.56. The van der Waals surface area contributed by atoms with Crippen LogP contribution in [-0.4, -0.2) is 13.4 Å². The maximum atomic E-state index is 10.8. The zero-order chi connectivity index (χ0) is 13.1. The monoisotopic (exact) mass is 280 g/mol. The van der Waals surface area contributed by atoms with E-state index < -0.39 is 0 Å². The SMILES string of the molecule is COc1c(Cl)cc(Cl)cc1-c1cccc(C=O)c1. The number of carbonyl (C=O) groups excluding carboxylic acids is 1. The van der Waals surface area contributed by atoms with Crippen LogP contribution in [0.15, 0.2) is 36.4 Å². The Balaban J connectivity index is 2.65. The summed E-state index contributed by atoms with van der Waals surface area (Å²) in [5.41, 5.74) is 2.19. The van der Waals surface area contributed by atoms with Crippen molar-refractivity contribution in [1.82, 2.24) is 0 Å². The molecule has 0 spiro atoms. The van der Waals surface area contributed by atoms with Gasteiger partial charge in [0.05, 0.1) is 12.1 Å². The van der Waals surface area contributed by atoms with Crippen molar-refractivity contribution in [1.29, 1.82) is 0 Å². The highest BCUT2D eigenvalue weighted by Crippen LogP contribution is 2.38. The topological polar surface area (TPSA) is 26.3 Å². The Kier molecular flexibility index (Phi) is 3.90. The normalized spacial score (nSPS) is 10.2. The predicted molar refractivity (Wildman–Crippen MR) is 73.8 cm³/mol. The van der Waals surface area contributed by atoms with Crippen molar-refractivity contribution in [3.05, 3.63) is 52.0 Å². The zero-order valence-electron chi connectivity index (χ0n) is 9.61. The summed E-state index contributed by atoms with van der Waals surface area (Å²) in [6.45, 7) is 0. The summed E-state index contributed by atoms with van der Waals surface area (Å²) >= 11 is 12.1. The summed E-state index contributed by atoms with van der Waals surface area (Å²) in [5.74, 6) is 0.545. The number of ether oxygens (including phenoxy) is 1. The first kappa shape index (κ1) is 12.9. The summed E-state index contributed by atoms with van der Waals surface area (Å²) in [7, 11) is 1.54. The molecule has 4 heteroatoms. The van der Waals surface area contributed by atoms with Crippen molar-refractivity contribution in [2.24, 2.45) is 0 Å². The number of methoxy groups -OCH3 is 1. The van der Waals surface area contributed by atoms with Gasteiger partial charge in [-0.1, -0.05) is 41.4 Å². The number of aldehydes is 1. The first-order valence-electron chi connectivity index (χ1n) is 5.24. The van der Waals surface area contributed by atoms with E-state index in [1.165, 1.54) is 0 Å². The van der Waals surface area contributed by atoms with Gasteiger partial charge in [0.1, 0.15) is 12.0 Å². The van der Waals surface area contributed by atoms with Crippen LogP contribution in [0.1, 0.15) is 10.4 Å². The van der Waals surface area contributed by atoms with E-state index in [0.717, 1.165) is 17.4 Å². The Hall–Kier alpha value is -1.51. The van der Waals surface area contributed by atoms with Crippen LogP contribution in [0.3, 0.4) is 0 Å². The Morgan fingerprint density at radius 3 is 2.61 bits per heavy atom. The minimum Gasteiger partial charge on any atom is -0.495 e. The minimum atomic E-state index is 0.441. The minimum absolute atomic E-state index is 0.441. The van der Waals surface area contributed by atoms with Gasteiger partial charge in [0.15, 0.2) is 0 Å². The number of benzene rings is 2. The van der Waals surface area contributed by atoms with Crippen LogP contribution in [0.5, 0.6) is 5.75 Å². The molecule has 0 N–H and O–H groups in total. The van der Waals surface area contributed by atoms with Crippen LogP contribution >= 0.6 is 23.2 Å². The van der Waals surface area contributed by atoms with Crippen molar-refractivity contribution in [2.45, 2.75) is 0 Å². The van der Waals surface area contributed by atoms with E-state index in [1.54, 1.807) is 37.4 Å². The molecule has 0 aromatic heterocycles. The Labute approximate surface area is 115 Å². The smallest absolute Gasteiger partial charge is 0.150 e. The van der Waals surface area contributed by atoms with Gasteiger partial charge in [-0.05, 0) is 23.8 Å². The van der Waals surface area contributed by atoms with Gasteiger partial charge >= 0.3 is 0 Å². The summed E-state index contributed by atoms with van der Waals surface area (Å²) in [4.78, 5) is 10.8. The molecule has 0 amide bonds. The number of hydrogen-bond acceptors (Lipinski definition) is 2. The summed E-state index contributed by atoms with van der Waals surface area (Å²) in [6.07, 6.45) is 0.794. The first-order chi connectivity index (χ1) is 8.65. The van der Waals surface area contributed by atoms with Crippen LogP contribution in [0, 0.1) is 0 Å². The molecule has 2 rings (SSSR count). The molecule has 0 saturated heterocycles. The van der Waals surface area contributed by atoms with E-state index >= 15 is 0 Å². The number of hydrogen-bond donors (Lipinski definition) is 0. The van der Waals surface area contributed by atoms with Gasteiger partial charge in [-0.3, -0.25) is 4.79 Å². The largest absolute Gasteiger partial charge is 0.495 e. The van der Waals surface area contributed by atoms with Gasteiger partial charge in [-0.2, -0.15) is 0 Å². The zero-order valence-corrected chi connectivity index (χ0v) is 11.1. The third-order valence-corrected chi connectivity index (χ3v) is 3.05. The highest BCUT2D eigenvalue weighted by atomic mass is 35.5. The van der Waals surface area contributed by atoms with Gasteiger partial charge in [0.2, 0.25) is 0 Å². The Morgan fingerprint density at radius 1 is 1.17 bits per heavy atom. The van der Waals surface area contributed by atoms with Crippen LogP contribution in [0.25, 0.3) is 11.1 Å². The van der Waals surface area contributed by atoms with Gasteiger partial charge in [-0.25, -0.2) is 0 Å². The quantitative estimate of drug-likeness (QED) is 0.775. The Morgan fingerprint density at radius 2 is 1.94 bits per heavy atom. The molecule has 0 aliphatic rings. The molecule has 0 aliphatic carbocycles. The fourth-order valence-electron chi connectivity index (χ4n) is 1.76. The number of halogens is 2. The molecule has 0 aliphatic heterocycles. The van der Waals surface area contributed by atoms with Crippen molar-refractivity contribution < 1.29 is 9.53 Å². The summed E-state index contributed by atoms with van der Waals surface area (Å²) in [6, 6.07) is 10.5. The van der Waals surface area contributed by atoms with E-state index in [4.69, 9.17) is 27.9 Å². The fraction of sp³-hybridized carbons (Fsp3) is 0.0714. The first-order valence-corrected chi connectivity index (χ1v) is 6.00. The molecule has 2 aromatic carbocycles. The van der Waals surface area contributed by atoms with Gasteiger partial charge in [-0.15, -0.1) is 0 Å². The van der Waals surface area contributed by atoms with Crippen LogP contribution < -0.4 is 4.74 Å². The molecule has 0 unspecified atom stereocenters. The van der Waals surface area contributed by atoms with Gasteiger partial charge in [0.25, 0.3) is 0 Å².